The first kappa shape index (κ1) is 14.0. The molecule has 1 aliphatic carbocycles. The Kier molecular flexibility index (Phi) is 4.76. The minimum absolute atomic E-state index is 0.120. The van der Waals surface area contributed by atoms with E-state index in [0.717, 1.165) is 22.9 Å². The molecule has 2 nitrogen and oxygen atoms in total. The number of hydrogen-bond acceptors (Lipinski definition) is 2. The molecule has 1 saturated carbocycles. The van der Waals surface area contributed by atoms with Crippen LogP contribution in [0.3, 0.4) is 0 Å². The van der Waals surface area contributed by atoms with Gasteiger partial charge in [0.2, 0.25) is 0 Å². The summed E-state index contributed by atoms with van der Waals surface area (Å²) in [5, 5.41) is 10.3. The summed E-state index contributed by atoms with van der Waals surface area (Å²) in [4.78, 5) is 0. The molecule has 2 rings (SSSR count). The van der Waals surface area contributed by atoms with Crippen LogP contribution in [0.1, 0.15) is 25.3 Å². The first-order valence-electron chi connectivity index (χ1n) is 6.35. The monoisotopic (exact) mass is 316 g/mol. The summed E-state index contributed by atoms with van der Waals surface area (Å²) in [5.74, 6) is 0.187. The molecule has 1 aromatic rings. The summed E-state index contributed by atoms with van der Waals surface area (Å²) in [5.41, 5.74) is 0.785. The number of ether oxygens (including phenoxy) is 1. The van der Waals surface area contributed by atoms with E-state index in [9.17, 15) is 9.50 Å². The van der Waals surface area contributed by atoms with Crippen molar-refractivity contribution < 1.29 is 14.2 Å². The maximum Gasteiger partial charge on any atom is 0.123 e. The lowest BCUT2D eigenvalue weighted by Gasteiger charge is -2.23. The molecule has 0 bridgehead atoms. The average molecular weight is 317 g/mol. The largest absolute Gasteiger partial charge is 0.390 e. The second-order valence-electron chi connectivity index (χ2n) is 4.76. The first-order valence-corrected chi connectivity index (χ1v) is 7.14. The molecular weight excluding hydrogens is 299 g/mol. The van der Waals surface area contributed by atoms with Gasteiger partial charge in [-0.3, -0.25) is 0 Å². The number of rotatable bonds is 6. The normalized spacial score (nSPS) is 18.7. The van der Waals surface area contributed by atoms with Gasteiger partial charge in [0, 0.05) is 17.5 Å². The molecule has 0 heterocycles. The SMILES string of the molecule is CCOC(C(O)Cc1cc(F)ccc1Br)C1CC1. The summed E-state index contributed by atoms with van der Waals surface area (Å²) < 4.78 is 19.6. The highest BCUT2D eigenvalue weighted by atomic mass is 79.9. The Labute approximate surface area is 115 Å². The van der Waals surface area contributed by atoms with E-state index in [0.29, 0.717) is 18.9 Å². The van der Waals surface area contributed by atoms with Crippen LogP contribution in [0.2, 0.25) is 0 Å². The second-order valence-corrected chi connectivity index (χ2v) is 5.62. The van der Waals surface area contributed by atoms with Gasteiger partial charge in [-0.15, -0.1) is 0 Å². The van der Waals surface area contributed by atoms with Gasteiger partial charge in [-0.25, -0.2) is 4.39 Å². The topological polar surface area (TPSA) is 29.5 Å². The van der Waals surface area contributed by atoms with Crippen molar-refractivity contribution >= 4 is 15.9 Å². The number of aliphatic hydroxyl groups excluding tert-OH is 1. The number of halogens is 2. The summed E-state index contributed by atoms with van der Waals surface area (Å²) in [6.45, 7) is 2.53. The molecule has 0 spiro atoms. The van der Waals surface area contributed by atoms with Crippen molar-refractivity contribution in [1.82, 2.24) is 0 Å². The molecule has 2 atom stereocenters. The van der Waals surface area contributed by atoms with Crippen molar-refractivity contribution in [1.29, 1.82) is 0 Å². The third-order valence-corrected chi connectivity index (χ3v) is 4.04. The molecule has 100 valence electrons. The molecule has 0 saturated heterocycles. The van der Waals surface area contributed by atoms with Crippen molar-refractivity contribution in [3.63, 3.8) is 0 Å². The fraction of sp³-hybridized carbons (Fsp3) is 0.571. The smallest absolute Gasteiger partial charge is 0.123 e. The Morgan fingerprint density at radius 2 is 2.22 bits per heavy atom. The van der Waals surface area contributed by atoms with Crippen LogP contribution in [0.25, 0.3) is 0 Å². The van der Waals surface area contributed by atoms with E-state index in [1.54, 1.807) is 6.07 Å². The summed E-state index contributed by atoms with van der Waals surface area (Å²) in [6, 6.07) is 4.54. The van der Waals surface area contributed by atoms with E-state index < -0.39 is 6.10 Å². The predicted octanol–water partition coefficient (Wildman–Crippen LogP) is 3.31. The Hall–Kier alpha value is -0.450. The summed E-state index contributed by atoms with van der Waals surface area (Å²) in [6.07, 6.45) is 1.96. The summed E-state index contributed by atoms with van der Waals surface area (Å²) >= 11 is 3.38. The van der Waals surface area contributed by atoms with Crippen molar-refractivity contribution in [2.24, 2.45) is 5.92 Å². The Bertz CT molecular complexity index is 407. The minimum Gasteiger partial charge on any atom is -0.390 e. The highest BCUT2D eigenvalue weighted by molar-refractivity contribution is 9.10. The molecule has 0 aliphatic heterocycles. The van der Waals surface area contributed by atoms with E-state index in [1.807, 2.05) is 6.92 Å². The number of benzene rings is 1. The van der Waals surface area contributed by atoms with Crippen molar-refractivity contribution in [3.05, 3.63) is 34.1 Å². The van der Waals surface area contributed by atoms with Gasteiger partial charge in [0.25, 0.3) is 0 Å². The zero-order chi connectivity index (χ0) is 13.1. The van der Waals surface area contributed by atoms with Crippen LogP contribution in [0, 0.1) is 11.7 Å². The minimum atomic E-state index is -0.574. The molecule has 18 heavy (non-hydrogen) atoms. The third-order valence-electron chi connectivity index (χ3n) is 3.26. The molecule has 1 fully saturated rings. The molecule has 1 aromatic carbocycles. The van der Waals surface area contributed by atoms with Gasteiger partial charge < -0.3 is 9.84 Å². The van der Waals surface area contributed by atoms with Crippen LogP contribution in [0.5, 0.6) is 0 Å². The first-order chi connectivity index (χ1) is 8.61. The van der Waals surface area contributed by atoms with Gasteiger partial charge in [0.05, 0.1) is 12.2 Å². The van der Waals surface area contributed by atoms with Gasteiger partial charge in [-0.1, -0.05) is 15.9 Å². The van der Waals surface area contributed by atoms with Gasteiger partial charge in [-0.2, -0.15) is 0 Å². The van der Waals surface area contributed by atoms with E-state index >= 15 is 0 Å². The lowest BCUT2D eigenvalue weighted by atomic mass is 10.0. The van der Waals surface area contributed by atoms with Crippen molar-refractivity contribution in [3.8, 4) is 0 Å². The predicted molar refractivity (Wildman–Crippen MR) is 71.9 cm³/mol. The zero-order valence-electron chi connectivity index (χ0n) is 10.4. The lowest BCUT2D eigenvalue weighted by Crippen LogP contribution is -2.33. The Morgan fingerprint density at radius 1 is 1.50 bits per heavy atom. The highest BCUT2D eigenvalue weighted by Crippen LogP contribution is 2.36. The molecule has 1 aliphatic rings. The average Bonchev–Trinajstić information content (AvgIpc) is 3.14. The van der Waals surface area contributed by atoms with Crippen LogP contribution >= 0.6 is 15.9 Å². The van der Waals surface area contributed by atoms with E-state index in [1.165, 1.54) is 12.1 Å². The molecule has 0 aromatic heterocycles. The molecule has 0 amide bonds. The van der Waals surface area contributed by atoms with Gasteiger partial charge in [0.1, 0.15) is 5.82 Å². The molecule has 1 N–H and O–H groups in total. The Morgan fingerprint density at radius 3 is 2.83 bits per heavy atom. The number of aliphatic hydroxyl groups is 1. The van der Waals surface area contributed by atoms with Gasteiger partial charge in [0.15, 0.2) is 0 Å². The van der Waals surface area contributed by atoms with Crippen LogP contribution in [0.4, 0.5) is 4.39 Å². The number of hydrogen-bond donors (Lipinski definition) is 1. The lowest BCUT2D eigenvalue weighted by molar-refractivity contribution is -0.0440. The van der Waals surface area contributed by atoms with Crippen LogP contribution in [-0.2, 0) is 11.2 Å². The molecule has 0 radical (unpaired) electrons. The Balaban J connectivity index is 2.04. The quantitative estimate of drug-likeness (QED) is 0.872. The fourth-order valence-corrected chi connectivity index (χ4v) is 2.63. The van der Waals surface area contributed by atoms with Crippen molar-refractivity contribution in [2.75, 3.05) is 6.61 Å². The maximum atomic E-state index is 13.2. The van der Waals surface area contributed by atoms with E-state index in [4.69, 9.17) is 4.74 Å². The zero-order valence-corrected chi connectivity index (χ0v) is 12.0. The third kappa shape index (κ3) is 3.53. The fourth-order valence-electron chi connectivity index (χ4n) is 2.22. The standard InChI is InChI=1S/C14H18BrFO2/c1-2-18-14(9-3-4-9)13(17)8-10-7-11(16)5-6-12(10)15/h5-7,9,13-14,17H,2-4,8H2,1H3. The van der Waals surface area contributed by atoms with Crippen LogP contribution in [-0.4, -0.2) is 23.9 Å². The summed E-state index contributed by atoms with van der Waals surface area (Å²) in [7, 11) is 0. The van der Waals surface area contributed by atoms with Gasteiger partial charge >= 0.3 is 0 Å². The van der Waals surface area contributed by atoms with Crippen LogP contribution in [0.15, 0.2) is 22.7 Å². The van der Waals surface area contributed by atoms with Gasteiger partial charge in [-0.05, 0) is 49.4 Å². The van der Waals surface area contributed by atoms with Crippen LogP contribution < -0.4 is 0 Å². The maximum absolute atomic E-state index is 13.2. The molecular formula is C14H18BrFO2. The van der Waals surface area contributed by atoms with E-state index in [2.05, 4.69) is 15.9 Å². The molecule has 4 heteroatoms. The molecule has 2 unspecified atom stereocenters. The van der Waals surface area contributed by atoms with Crippen molar-refractivity contribution in [2.45, 2.75) is 38.4 Å². The highest BCUT2D eigenvalue weighted by Gasteiger charge is 2.36. The van der Waals surface area contributed by atoms with E-state index in [-0.39, 0.29) is 11.9 Å². The second kappa shape index (κ2) is 6.13.